The molecule has 2 aromatic carbocycles. The first-order valence-electron chi connectivity index (χ1n) is 6.36. The third-order valence-electron chi connectivity index (χ3n) is 3.18. The van der Waals surface area contributed by atoms with Crippen molar-refractivity contribution in [2.75, 3.05) is 12.1 Å². The molecular weight excluding hydrogens is 352 g/mol. The lowest BCUT2D eigenvalue weighted by Crippen LogP contribution is -2.14. The van der Waals surface area contributed by atoms with Crippen LogP contribution in [0.1, 0.15) is 11.1 Å². The highest BCUT2D eigenvalue weighted by Crippen LogP contribution is 2.33. The van der Waals surface area contributed by atoms with E-state index in [1.54, 1.807) is 0 Å². The van der Waals surface area contributed by atoms with Crippen molar-refractivity contribution >= 4 is 38.8 Å². The van der Waals surface area contributed by atoms with E-state index in [0.29, 0.717) is 11.5 Å². The maximum Gasteiger partial charge on any atom is 0.231 e. The summed E-state index contributed by atoms with van der Waals surface area (Å²) in [4.78, 5) is 0.357. The van der Waals surface area contributed by atoms with Crippen molar-refractivity contribution in [3.63, 3.8) is 0 Å². The first-order chi connectivity index (χ1) is 10.1. The zero-order chi connectivity index (χ0) is 14.8. The molecule has 0 fully saturated rings. The molecule has 3 rings (SSSR count). The van der Waals surface area contributed by atoms with Crippen molar-refractivity contribution < 1.29 is 9.47 Å². The van der Waals surface area contributed by atoms with E-state index >= 15 is 0 Å². The van der Waals surface area contributed by atoms with Gasteiger partial charge in [-0.15, -0.1) is 0 Å². The van der Waals surface area contributed by atoms with E-state index < -0.39 is 0 Å². The standard InChI is InChI=1S/C15H13BrN2O2S/c16-10-2-1-3-11(14(10)15(17)21)18-7-9-4-5-12-13(6-9)20-8-19-12/h1-6,18H,7-8H2,(H2,17,21). The first kappa shape index (κ1) is 14.2. The molecule has 0 unspecified atom stereocenters. The molecule has 1 aliphatic heterocycles. The topological polar surface area (TPSA) is 56.5 Å². The Kier molecular flexibility index (Phi) is 3.98. The lowest BCUT2D eigenvalue weighted by Gasteiger charge is -2.13. The predicted molar refractivity (Wildman–Crippen MR) is 89.9 cm³/mol. The minimum atomic E-state index is 0.281. The van der Waals surface area contributed by atoms with E-state index in [9.17, 15) is 0 Å². The third kappa shape index (κ3) is 2.96. The van der Waals surface area contributed by atoms with Gasteiger partial charge >= 0.3 is 0 Å². The van der Waals surface area contributed by atoms with Gasteiger partial charge in [-0.25, -0.2) is 0 Å². The number of anilines is 1. The Morgan fingerprint density at radius 3 is 2.86 bits per heavy atom. The molecule has 1 aliphatic rings. The molecule has 3 N–H and O–H groups in total. The minimum Gasteiger partial charge on any atom is -0.454 e. The van der Waals surface area contributed by atoms with Crippen molar-refractivity contribution in [3.05, 3.63) is 52.0 Å². The molecule has 0 amide bonds. The second-order valence-corrected chi connectivity index (χ2v) is 5.86. The van der Waals surface area contributed by atoms with Crippen molar-refractivity contribution in [3.8, 4) is 11.5 Å². The van der Waals surface area contributed by atoms with Gasteiger partial charge in [0.1, 0.15) is 4.99 Å². The molecule has 0 aliphatic carbocycles. The van der Waals surface area contributed by atoms with Gasteiger partial charge < -0.3 is 20.5 Å². The summed E-state index contributed by atoms with van der Waals surface area (Å²) >= 11 is 8.57. The highest BCUT2D eigenvalue weighted by atomic mass is 79.9. The van der Waals surface area contributed by atoms with Gasteiger partial charge in [0.15, 0.2) is 11.5 Å². The molecule has 6 heteroatoms. The number of nitrogens with two attached hydrogens (primary N) is 1. The van der Waals surface area contributed by atoms with Crippen LogP contribution >= 0.6 is 28.1 Å². The minimum absolute atomic E-state index is 0.281. The maximum absolute atomic E-state index is 5.78. The van der Waals surface area contributed by atoms with E-state index in [0.717, 1.165) is 32.8 Å². The Morgan fingerprint density at radius 2 is 2.05 bits per heavy atom. The van der Waals surface area contributed by atoms with Crippen LogP contribution in [0.25, 0.3) is 0 Å². The van der Waals surface area contributed by atoms with Crippen molar-refractivity contribution in [1.29, 1.82) is 0 Å². The number of hydrogen-bond acceptors (Lipinski definition) is 4. The number of hydrogen-bond donors (Lipinski definition) is 2. The maximum atomic E-state index is 5.78. The third-order valence-corrected chi connectivity index (χ3v) is 4.04. The molecule has 0 saturated carbocycles. The van der Waals surface area contributed by atoms with Gasteiger partial charge in [-0.2, -0.15) is 0 Å². The quantitative estimate of drug-likeness (QED) is 0.814. The number of thiocarbonyl (C=S) groups is 1. The Bertz CT molecular complexity index is 706. The van der Waals surface area contributed by atoms with E-state index in [-0.39, 0.29) is 6.79 Å². The number of ether oxygens (including phenoxy) is 2. The molecule has 0 aromatic heterocycles. The highest BCUT2D eigenvalue weighted by Gasteiger charge is 2.14. The molecule has 1 heterocycles. The highest BCUT2D eigenvalue weighted by molar-refractivity contribution is 9.10. The monoisotopic (exact) mass is 364 g/mol. The van der Waals surface area contributed by atoms with Crippen LogP contribution in [0.15, 0.2) is 40.9 Å². The zero-order valence-corrected chi connectivity index (χ0v) is 13.5. The molecule has 0 atom stereocenters. The average molecular weight is 365 g/mol. The summed E-state index contributed by atoms with van der Waals surface area (Å²) in [5.41, 5.74) is 8.58. The lowest BCUT2D eigenvalue weighted by atomic mass is 10.1. The number of benzene rings is 2. The van der Waals surface area contributed by atoms with Crippen LogP contribution < -0.4 is 20.5 Å². The SMILES string of the molecule is NC(=S)c1c(Br)cccc1NCc1ccc2c(c1)OCO2. The van der Waals surface area contributed by atoms with E-state index in [2.05, 4.69) is 21.2 Å². The van der Waals surface area contributed by atoms with Gasteiger partial charge in [0.2, 0.25) is 6.79 Å². The average Bonchev–Trinajstić information content (AvgIpc) is 2.92. The van der Waals surface area contributed by atoms with E-state index in [1.807, 2.05) is 36.4 Å². The predicted octanol–water partition coefficient (Wildman–Crippen LogP) is 3.42. The second-order valence-electron chi connectivity index (χ2n) is 4.57. The van der Waals surface area contributed by atoms with Gasteiger partial charge in [0, 0.05) is 22.3 Å². The molecule has 0 spiro atoms. The summed E-state index contributed by atoms with van der Waals surface area (Å²) in [6.07, 6.45) is 0. The summed E-state index contributed by atoms with van der Waals surface area (Å²) in [5.74, 6) is 1.56. The van der Waals surface area contributed by atoms with Crippen LogP contribution in [0.3, 0.4) is 0 Å². The number of fused-ring (bicyclic) bond motifs is 1. The Labute approximate surface area is 136 Å². The number of halogens is 1. The summed E-state index contributed by atoms with van der Waals surface area (Å²) in [7, 11) is 0. The molecule has 4 nitrogen and oxygen atoms in total. The summed E-state index contributed by atoms with van der Waals surface area (Å²) in [5, 5.41) is 3.35. The molecular formula is C15H13BrN2O2S. The Morgan fingerprint density at radius 1 is 1.24 bits per heavy atom. The van der Waals surface area contributed by atoms with Crippen molar-refractivity contribution in [1.82, 2.24) is 0 Å². The largest absolute Gasteiger partial charge is 0.454 e. The van der Waals surface area contributed by atoms with Crippen LogP contribution in [0, 0.1) is 0 Å². The summed E-state index contributed by atoms with van der Waals surface area (Å²) in [6.45, 7) is 0.923. The molecule has 2 aromatic rings. The summed E-state index contributed by atoms with van der Waals surface area (Å²) < 4.78 is 11.6. The van der Waals surface area contributed by atoms with E-state index in [1.165, 1.54) is 0 Å². The molecule has 21 heavy (non-hydrogen) atoms. The van der Waals surface area contributed by atoms with E-state index in [4.69, 9.17) is 27.4 Å². The Hall–Kier alpha value is -1.79. The normalized spacial score (nSPS) is 12.2. The second kappa shape index (κ2) is 5.91. The number of nitrogens with one attached hydrogen (secondary N) is 1. The Balaban J connectivity index is 1.79. The molecule has 0 radical (unpaired) electrons. The van der Waals surface area contributed by atoms with Gasteiger partial charge in [-0.1, -0.05) is 24.4 Å². The van der Waals surface area contributed by atoms with Crippen molar-refractivity contribution in [2.24, 2.45) is 5.73 Å². The van der Waals surface area contributed by atoms with Gasteiger partial charge in [0.25, 0.3) is 0 Å². The van der Waals surface area contributed by atoms with Crippen LogP contribution in [0.5, 0.6) is 11.5 Å². The summed E-state index contributed by atoms with van der Waals surface area (Å²) in [6, 6.07) is 11.7. The fourth-order valence-corrected chi connectivity index (χ4v) is 3.10. The van der Waals surface area contributed by atoms with Gasteiger partial charge in [-0.05, 0) is 45.8 Å². The number of rotatable bonds is 4. The molecule has 108 valence electrons. The van der Waals surface area contributed by atoms with Crippen LogP contribution in [0.2, 0.25) is 0 Å². The van der Waals surface area contributed by atoms with Crippen molar-refractivity contribution in [2.45, 2.75) is 6.54 Å². The van der Waals surface area contributed by atoms with Gasteiger partial charge in [-0.3, -0.25) is 0 Å². The first-order valence-corrected chi connectivity index (χ1v) is 7.56. The van der Waals surface area contributed by atoms with Crippen LogP contribution in [-0.4, -0.2) is 11.8 Å². The fourth-order valence-electron chi connectivity index (χ4n) is 2.17. The van der Waals surface area contributed by atoms with Gasteiger partial charge in [0.05, 0.1) is 0 Å². The smallest absolute Gasteiger partial charge is 0.231 e. The fraction of sp³-hybridized carbons (Fsp3) is 0.133. The molecule has 0 bridgehead atoms. The lowest BCUT2D eigenvalue weighted by molar-refractivity contribution is 0.174. The zero-order valence-electron chi connectivity index (χ0n) is 11.1. The van der Waals surface area contributed by atoms with Crippen LogP contribution in [0.4, 0.5) is 5.69 Å². The molecule has 0 saturated heterocycles. The van der Waals surface area contributed by atoms with Crippen LogP contribution in [-0.2, 0) is 6.54 Å².